The van der Waals surface area contributed by atoms with Gasteiger partial charge in [-0.3, -0.25) is 0 Å². The highest BCUT2D eigenvalue weighted by atomic mass is 35.5. The zero-order valence-corrected chi connectivity index (χ0v) is 8.52. The average molecular weight is 234 g/mol. The number of alkyl halides is 1. The largest absolute Gasteiger partial charge is 0.491 e. The molecule has 0 aliphatic rings. The average Bonchev–Trinajstić information content (AvgIpc) is 2.19. The van der Waals surface area contributed by atoms with Gasteiger partial charge in [-0.25, -0.2) is 4.39 Å². The molecule has 74 valence electrons. The normalized spacial score (nSPS) is 11.9. The van der Waals surface area contributed by atoms with Crippen molar-refractivity contribution in [1.29, 1.82) is 5.26 Å². The van der Waals surface area contributed by atoms with E-state index >= 15 is 0 Å². The van der Waals surface area contributed by atoms with Crippen LogP contribution in [-0.2, 0) is 0 Å². The lowest BCUT2D eigenvalue weighted by molar-refractivity contribution is 0.328. The molecule has 0 saturated heterocycles. The van der Waals surface area contributed by atoms with Gasteiger partial charge < -0.3 is 4.74 Å². The number of benzene rings is 1. The quantitative estimate of drug-likeness (QED) is 0.753. The summed E-state index contributed by atoms with van der Waals surface area (Å²) in [5.74, 6) is -0.126. The zero-order valence-electron chi connectivity index (χ0n) is 7.01. The summed E-state index contributed by atoms with van der Waals surface area (Å²) >= 11 is 11.0. The smallest absolute Gasteiger partial charge is 0.154 e. The highest BCUT2D eigenvalue weighted by molar-refractivity contribution is 6.30. The van der Waals surface area contributed by atoms with Crippen molar-refractivity contribution in [3.63, 3.8) is 0 Å². The minimum atomic E-state index is -0.723. The molecule has 1 aromatic rings. The molecule has 5 heteroatoms. The number of rotatable bonds is 3. The second-order valence-electron chi connectivity index (χ2n) is 2.48. The fraction of sp³-hybridized carbons (Fsp3) is 0.222. The maximum atomic E-state index is 12.7. The summed E-state index contributed by atoms with van der Waals surface area (Å²) < 4.78 is 17.8. The second kappa shape index (κ2) is 5.04. The van der Waals surface area contributed by atoms with Gasteiger partial charge in [0.1, 0.15) is 18.2 Å². The van der Waals surface area contributed by atoms with Crippen LogP contribution in [0, 0.1) is 17.1 Å². The van der Waals surface area contributed by atoms with Crippen LogP contribution in [0.15, 0.2) is 18.2 Å². The fourth-order valence-electron chi connectivity index (χ4n) is 0.773. The predicted octanol–water partition coefficient (Wildman–Crippen LogP) is 2.99. The molecular formula is C9H6Cl2FNO. The molecule has 0 aliphatic heterocycles. The van der Waals surface area contributed by atoms with Gasteiger partial charge in [-0.2, -0.15) is 5.26 Å². The minimum absolute atomic E-state index is 0.0226. The summed E-state index contributed by atoms with van der Waals surface area (Å²) in [7, 11) is 0. The number of nitriles is 1. The third-order valence-electron chi connectivity index (χ3n) is 1.43. The standard InChI is InChI=1S/C9H6Cl2FNO/c10-6(4-13)5-14-7-1-2-9(12)8(11)3-7/h1-3,6H,5H2. The number of ether oxygens (including phenoxy) is 1. The van der Waals surface area contributed by atoms with Crippen LogP contribution >= 0.6 is 23.2 Å². The van der Waals surface area contributed by atoms with Crippen LogP contribution in [0.25, 0.3) is 0 Å². The Hall–Kier alpha value is -0.980. The van der Waals surface area contributed by atoms with Crippen LogP contribution in [0.3, 0.4) is 0 Å². The Labute approximate surface area is 90.8 Å². The van der Waals surface area contributed by atoms with E-state index in [9.17, 15) is 4.39 Å². The van der Waals surface area contributed by atoms with Gasteiger partial charge in [-0.05, 0) is 12.1 Å². The Kier molecular flexibility index (Phi) is 3.99. The van der Waals surface area contributed by atoms with E-state index in [4.69, 9.17) is 33.2 Å². The van der Waals surface area contributed by atoms with Crippen LogP contribution in [-0.4, -0.2) is 12.0 Å². The van der Waals surface area contributed by atoms with Gasteiger partial charge in [-0.1, -0.05) is 11.6 Å². The highest BCUT2D eigenvalue weighted by Gasteiger charge is 2.05. The molecule has 0 aliphatic carbocycles. The Morgan fingerprint density at radius 2 is 2.29 bits per heavy atom. The van der Waals surface area contributed by atoms with E-state index in [-0.39, 0.29) is 11.6 Å². The first-order valence-electron chi connectivity index (χ1n) is 3.75. The molecular weight excluding hydrogens is 228 g/mol. The lowest BCUT2D eigenvalue weighted by Crippen LogP contribution is -2.09. The number of hydrogen-bond acceptors (Lipinski definition) is 2. The van der Waals surface area contributed by atoms with Gasteiger partial charge >= 0.3 is 0 Å². The van der Waals surface area contributed by atoms with Crippen LogP contribution < -0.4 is 4.74 Å². The predicted molar refractivity (Wildman–Crippen MR) is 52.2 cm³/mol. The molecule has 2 nitrogen and oxygen atoms in total. The molecule has 0 N–H and O–H groups in total. The first kappa shape index (κ1) is 11.1. The van der Waals surface area contributed by atoms with Gasteiger partial charge in [0.25, 0.3) is 0 Å². The summed E-state index contributed by atoms with van der Waals surface area (Å²) in [5.41, 5.74) is 0. The fourth-order valence-corrected chi connectivity index (χ4v) is 1.01. The van der Waals surface area contributed by atoms with Crippen molar-refractivity contribution < 1.29 is 9.13 Å². The van der Waals surface area contributed by atoms with Gasteiger partial charge in [0.05, 0.1) is 11.1 Å². The molecule has 1 rings (SSSR count). The molecule has 0 saturated carbocycles. The van der Waals surface area contributed by atoms with Crippen molar-refractivity contribution in [3.8, 4) is 11.8 Å². The van der Waals surface area contributed by atoms with E-state index in [1.54, 1.807) is 6.07 Å². The van der Waals surface area contributed by atoms with E-state index < -0.39 is 11.2 Å². The molecule has 0 amide bonds. The van der Waals surface area contributed by atoms with Crippen LogP contribution in [0.2, 0.25) is 5.02 Å². The van der Waals surface area contributed by atoms with Crippen molar-refractivity contribution >= 4 is 23.2 Å². The molecule has 1 aromatic carbocycles. The maximum absolute atomic E-state index is 12.7. The minimum Gasteiger partial charge on any atom is -0.491 e. The lowest BCUT2D eigenvalue weighted by Gasteiger charge is -2.06. The van der Waals surface area contributed by atoms with E-state index in [0.717, 1.165) is 0 Å². The summed E-state index contributed by atoms with van der Waals surface area (Å²) in [4.78, 5) is 0. The molecule has 0 heterocycles. The van der Waals surface area contributed by atoms with Gasteiger partial charge in [0.15, 0.2) is 5.38 Å². The monoisotopic (exact) mass is 233 g/mol. The topological polar surface area (TPSA) is 33.0 Å². The molecule has 0 fully saturated rings. The SMILES string of the molecule is N#CC(Cl)COc1ccc(F)c(Cl)c1. The zero-order chi connectivity index (χ0) is 10.6. The highest BCUT2D eigenvalue weighted by Crippen LogP contribution is 2.21. The van der Waals surface area contributed by atoms with Crippen molar-refractivity contribution in [1.82, 2.24) is 0 Å². The third kappa shape index (κ3) is 3.06. The molecule has 1 unspecified atom stereocenters. The number of hydrogen-bond donors (Lipinski definition) is 0. The molecule has 0 spiro atoms. The van der Waals surface area contributed by atoms with Gasteiger partial charge in [0, 0.05) is 6.07 Å². The summed E-state index contributed by atoms with van der Waals surface area (Å²) in [6.45, 7) is 0.0417. The van der Waals surface area contributed by atoms with E-state index in [0.29, 0.717) is 5.75 Å². The van der Waals surface area contributed by atoms with E-state index in [1.165, 1.54) is 18.2 Å². The van der Waals surface area contributed by atoms with Crippen LogP contribution in [0.4, 0.5) is 4.39 Å². The van der Waals surface area contributed by atoms with Crippen LogP contribution in [0.5, 0.6) is 5.75 Å². The lowest BCUT2D eigenvalue weighted by atomic mass is 10.3. The van der Waals surface area contributed by atoms with Gasteiger partial charge in [-0.15, -0.1) is 11.6 Å². The first-order chi connectivity index (χ1) is 6.63. The van der Waals surface area contributed by atoms with E-state index in [1.807, 2.05) is 0 Å². The number of nitrogens with zero attached hydrogens (tertiary/aromatic N) is 1. The van der Waals surface area contributed by atoms with Crippen LogP contribution in [0.1, 0.15) is 0 Å². The van der Waals surface area contributed by atoms with Crippen molar-refractivity contribution in [2.45, 2.75) is 5.38 Å². The van der Waals surface area contributed by atoms with E-state index in [2.05, 4.69) is 0 Å². The maximum Gasteiger partial charge on any atom is 0.154 e. The third-order valence-corrected chi connectivity index (χ3v) is 1.94. The van der Waals surface area contributed by atoms with Gasteiger partial charge in [0.2, 0.25) is 0 Å². The molecule has 0 bridgehead atoms. The summed E-state index contributed by atoms with van der Waals surface area (Å²) in [6, 6.07) is 5.73. The van der Waals surface area contributed by atoms with Crippen molar-refractivity contribution in [2.24, 2.45) is 0 Å². The molecule has 0 radical (unpaired) electrons. The molecule has 14 heavy (non-hydrogen) atoms. The summed E-state index contributed by atoms with van der Waals surface area (Å²) in [6.07, 6.45) is 0. The summed E-state index contributed by atoms with van der Waals surface area (Å²) in [5, 5.41) is 7.62. The Bertz CT molecular complexity index is 364. The molecule has 1 atom stereocenters. The Balaban J connectivity index is 2.61. The second-order valence-corrected chi connectivity index (χ2v) is 3.42. The first-order valence-corrected chi connectivity index (χ1v) is 4.56. The Morgan fingerprint density at radius 1 is 1.57 bits per heavy atom. The van der Waals surface area contributed by atoms with Crippen molar-refractivity contribution in [3.05, 3.63) is 29.0 Å². The van der Waals surface area contributed by atoms with Crippen molar-refractivity contribution in [2.75, 3.05) is 6.61 Å². The molecule has 0 aromatic heterocycles. The number of halogens is 3. The Morgan fingerprint density at radius 3 is 2.86 bits per heavy atom.